The van der Waals surface area contributed by atoms with Crippen LogP contribution in [-0.2, 0) is 0 Å². The lowest BCUT2D eigenvalue weighted by Crippen LogP contribution is -2.24. The first-order valence-electron chi connectivity index (χ1n) is 7.24. The fourth-order valence-corrected chi connectivity index (χ4v) is 2.25. The van der Waals surface area contributed by atoms with Gasteiger partial charge in [0.15, 0.2) is 0 Å². The molecule has 3 rings (SSSR count). The van der Waals surface area contributed by atoms with Gasteiger partial charge in [-0.25, -0.2) is 4.79 Å². The first-order valence-corrected chi connectivity index (χ1v) is 7.24. The number of carbonyl (C=O) groups is 1. The van der Waals surface area contributed by atoms with Crippen molar-refractivity contribution in [3.05, 3.63) is 90.5 Å². The van der Waals surface area contributed by atoms with E-state index in [-0.39, 0.29) is 5.56 Å². The fourth-order valence-electron chi connectivity index (χ4n) is 2.25. The molecule has 0 atom stereocenters. The van der Waals surface area contributed by atoms with Gasteiger partial charge >= 0.3 is 5.97 Å². The number of nitrogens with zero attached hydrogens (tertiary/aromatic N) is 1. The number of carboxylic acid groups (broad SMARTS) is 1. The number of hydrazine groups is 1. The molecule has 3 aromatic rings. The predicted molar refractivity (Wildman–Crippen MR) is 92.0 cm³/mol. The van der Waals surface area contributed by atoms with Crippen molar-refractivity contribution < 1.29 is 9.90 Å². The highest BCUT2D eigenvalue weighted by molar-refractivity contribution is 5.88. The first kappa shape index (κ1) is 14.7. The van der Waals surface area contributed by atoms with E-state index in [0.29, 0.717) is 0 Å². The summed E-state index contributed by atoms with van der Waals surface area (Å²) in [6, 6.07) is 26.4. The number of para-hydroxylation sites is 2. The molecule has 0 aliphatic heterocycles. The van der Waals surface area contributed by atoms with E-state index in [1.54, 1.807) is 24.3 Å². The molecule has 0 aromatic heterocycles. The Labute approximate surface area is 134 Å². The molecule has 2 N–H and O–H groups in total. The number of aromatic carboxylic acids is 1. The van der Waals surface area contributed by atoms with E-state index in [2.05, 4.69) is 5.43 Å². The lowest BCUT2D eigenvalue weighted by atomic mass is 10.2. The van der Waals surface area contributed by atoms with Gasteiger partial charge < -0.3 is 5.11 Å². The van der Waals surface area contributed by atoms with Crippen LogP contribution in [0.1, 0.15) is 10.4 Å². The maximum absolute atomic E-state index is 11.0. The molecule has 0 radical (unpaired) electrons. The van der Waals surface area contributed by atoms with E-state index in [1.165, 1.54) is 0 Å². The first-order chi connectivity index (χ1) is 11.2. The van der Waals surface area contributed by atoms with Crippen molar-refractivity contribution >= 4 is 23.0 Å². The third kappa shape index (κ3) is 3.49. The highest BCUT2D eigenvalue weighted by Gasteiger charge is 2.10. The molecule has 0 saturated heterocycles. The van der Waals surface area contributed by atoms with Gasteiger partial charge in [0, 0.05) is 0 Å². The van der Waals surface area contributed by atoms with Crippen molar-refractivity contribution in [3.63, 3.8) is 0 Å². The van der Waals surface area contributed by atoms with Gasteiger partial charge in [-0.05, 0) is 48.5 Å². The van der Waals surface area contributed by atoms with Crippen molar-refractivity contribution in [2.75, 3.05) is 10.4 Å². The van der Waals surface area contributed by atoms with Crippen molar-refractivity contribution in [1.82, 2.24) is 0 Å². The Morgan fingerprint density at radius 3 is 1.83 bits per heavy atom. The van der Waals surface area contributed by atoms with Crippen LogP contribution < -0.4 is 10.4 Å². The molecule has 0 unspecified atom stereocenters. The van der Waals surface area contributed by atoms with E-state index in [1.807, 2.05) is 65.7 Å². The number of nitrogens with one attached hydrogen (secondary N) is 1. The van der Waals surface area contributed by atoms with E-state index in [0.717, 1.165) is 17.1 Å². The summed E-state index contributed by atoms with van der Waals surface area (Å²) in [5.41, 5.74) is 6.36. The maximum Gasteiger partial charge on any atom is 0.335 e. The third-order valence-corrected chi connectivity index (χ3v) is 3.40. The van der Waals surface area contributed by atoms with Crippen molar-refractivity contribution in [1.29, 1.82) is 0 Å². The van der Waals surface area contributed by atoms with E-state index in [9.17, 15) is 4.79 Å². The lowest BCUT2D eigenvalue weighted by Gasteiger charge is -2.26. The molecule has 0 spiro atoms. The van der Waals surface area contributed by atoms with Crippen LogP contribution in [-0.4, -0.2) is 11.1 Å². The molecule has 4 nitrogen and oxygen atoms in total. The number of carboxylic acids is 1. The molecule has 114 valence electrons. The smallest absolute Gasteiger partial charge is 0.335 e. The molecule has 0 aliphatic rings. The van der Waals surface area contributed by atoms with Gasteiger partial charge in [0.25, 0.3) is 0 Å². The minimum Gasteiger partial charge on any atom is -0.478 e. The van der Waals surface area contributed by atoms with Crippen LogP contribution in [0.15, 0.2) is 84.9 Å². The topological polar surface area (TPSA) is 52.6 Å². The average molecular weight is 304 g/mol. The predicted octanol–water partition coefficient (Wildman–Crippen LogP) is 4.55. The van der Waals surface area contributed by atoms with Crippen LogP contribution in [0.3, 0.4) is 0 Å². The lowest BCUT2D eigenvalue weighted by molar-refractivity contribution is 0.0697. The fraction of sp³-hybridized carbons (Fsp3) is 0. The largest absolute Gasteiger partial charge is 0.478 e. The van der Waals surface area contributed by atoms with Gasteiger partial charge in [0.1, 0.15) is 0 Å². The van der Waals surface area contributed by atoms with Crippen LogP contribution in [0.4, 0.5) is 17.1 Å². The Bertz CT molecular complexity index is 771. The number of hydrogen-bond donors (Lipinski definition) is 2. The molecule has 0 bridgehead atoms. The van der Waals surface area contributed by atoms with Crippen molar-refractivity contribution in [2.45, 2.75) is 0 Å². The molecular weight excluding hydrogens is 288 g/mol. The van der Waals surface area contributed by atoms with Gasteiger partial charge in [-0.3, -0.25) is 10.4 Å². The zero-order chi connectivity index (χ0) is 16.1. The van der Waals surface area contributed by atoms with Crippen LogP contribution in [0, 0.1) is 0 Å². The Balaban J connectivity index is 1.96. The Kier molecular flexibility index (Phi) is 4.25. The zero-order valence-electron chi connectivity index (χ0n) is 12.4. The number of hydrogen-bond acceptors (Lipinski definition) is 3. The van der Waals surface area contributed by atoms with Crippen LogP contribution in [0.25, 0.3) is 0 Å². The molecule has 0 amide bonds. The summed E-state index contributed by atoms with van der Waals surface area (Å²) in [5, 5.41) is 11.0. The second kappa shape index (κ2) is 6.66. The second-order valence-electron chi connectivity index (χ2n) is 5.00. The zero-order valence-corrected chi connectivity index (χ0v) is 12.4. The number of anilines is 3. The summed E-state index contributed by atoms with van der Waals surface area (Å²) in [6.07, 6.45) is 0. The van der Waals surface area contributed by atoms with E-state index < -0.39 is 5.97 Å². The van der Waals surface area contributed by atoms with Crippen LogP contribution in [0.5, 0.6) is 0 Å². The summed E-state index contributed by atoms with van der Waals surface area (Å²) in [4.78, 5) is 11.0. The van der Waals surface area contributed by atoms with Gasteiger partial charge in [-0.1, -0.05) is 36.4 Å². The monoisotopic (exact) mass is 304 g/mol. The van der Waals surface area contributed by atoms with Gasteiger partial charge in [-0.2, -0.15) is 0 Å². The maximum atomic E-state index is 11.0. The van der Waals surface area contributed by atoms with Crippen LogP contribution >= 0.6 is 0 Å². The normalized spacial score (nSPS) is 10.1. The Morgan fingerprint density at radius 1 is 0.739 bits per heavy atom. The van der Waals surface area contributed by atoms with Crippen molar-refractivity contribution in [3.8, 4) is 0 Å². The van der Waals surface area contributed by atoms with Crippen LogP contribution in [0.2, 0.25) is 0 Å². The molecule has 0 aliphatic carbocycles. The molecule has 0 saturated carbocycles. The SMILES string of the molecule is O=C(O)c1ccc(N(Nc2ccccc2)c2ccccc2)cc1. The van der Waals surface area contributed by atoms with Gasteiger partial charge in [0.05, 0.1) is 22.6 Å². The molecule has 4 heteroatoms. The van der Waals surface area contributed by atoms with Gasteiger partial charge in [-0.15, -0.1) is 0 Å². The molecule has 0 heterocycles. The average Bonchev–Trinajstić information content (AvgIpc) is 2.61. The number of benzene rings is 3. The second-order valence-corrected chi connectivity index (χ2v) is 5.00. The Morgan fingerprint density at radius 2 is 1.26 bits per heavy atom. The highest BCUT2D eigenvalue weighted by atomic mass is 16.4. The summed E-state index contributed by atoms with van der Waals surface area (Å²) in [6.45, 7) is 0. The van der Waals surface area contributed by atoms with Crippen molar-refractivity contribution in [2.24, 2.45) is 0 Å². The molecule has 3 aromatic carbocycles. The molecule has 0 fully saturated rings. The summed E-state index contributed by atoms with van der Waals surface area (Å²) < 4.78 is 0. The summed E-state index contributed by atoms with van der Waals surface area (Å²) in [7, 11) is 0. The number of rotatable bonds is 5. The Hall–Kier alpha value is -3.27. The van der Waals surface area contributed by atoms with Gasteiger partial charge in [0.2, 0.25) is 0 Å². The summed E-state index contributed by atoms with van der Waals surface area (Å²) in [5.74, 6) is -0.932. The standard InChI is InChI=1S/C19H16N2O2/c22-19(23)15-11-13-18(14-12-15)21(17-9-5-2-6-10-17)20-16-7-3-1-4-8-16/h1-14,20H,(H,22,23). The summed E-state index contributed by atoms with van der Waals surface area (Å²) >= 11 is 0. The van der Waals surface area contributed by atoms with E-state index in [4.69, 9.17) is 5.11 Å². The molecule has 23 heavy (non-hydrogen) atoms. The van der Waals surface area contributed by atoms with E-state index >= 15 is 0 Å². The quantitative estimate of drug-likeness (QED) is 0.679. The minimum absolute atomic E-state index is 0.265. The minimum atomic E-state index is -0.932. The molecular formula is C19H16N2O2. The third-order valence-electron chi connectivity index (χ3n) is 3.40. The highest BCUT2D eigenvalue weighted by Crippen LogP contribution is 2.26.